The Bertz CT molecular complexity index is 861. The summed E-state index contributed by atoms with van der Waals surface area (Å²) in [6.07, 6.45) is 0.415. The molecular formula is C16H11Cl3O4S. The maximum Gasteiger partial charge on any atom is 0.341 e. The maximum atomic E-state index is 13.0. The molecule has 0 fully saturated rings. The molecule has 8 heteroatoms. The largest absolute Gasteiger partial charge is 0.480 e. The lowest BCUT2D eigenvalue weighted by Crippen LogP contribution is -2.28. The van der Waals surface area contributed by atoms with Crippen molar-refractivity contribution >= 4 is 57.9 Å². The van der Waals surface area contributed by atoms with Gasteiger partial charge in [-0.3, -0.25) is 4.79 Å². The molecular weight excluding hydrogens is 395 g/mol. The van der Waals surface area contributed by atoms with Crippen molar-refractivity contribution in [3.05, 3.63) is 48.6 Å². The van der Waals surface area contributed by atoms with Gasteiger partial charge in [0.05, 0.1) is 14.8 Å². The van der Waals surface area contributed by atoms with E-state index in [0.717, 1.165) is 4.88 Å². The fourth-order valence-corrected chi connectivity index (χ4v) is 4.52. The summed E-state index contributed by atoms with van der Waals surface area (Å²) in [4.78, 5) is 24.5. The molecule has 126 valence electrons. The number of aliphatic carboxylic acids is 1. The Morgan fingerprint density at radius 1 is 1.33 bits per heavy atom. The number of halogens is 3. The van der Waals surface area contributed by atoms with Gasteiger partial charge in [-0.05, 0) is 37.1 Å². The summed E-state index contributed by atoms with van der Waals surface area (Å²) < 4.78 is 5.77. The second-order valence-corrected chi connectivity index (χ2v) is 8.13. The maximum absolute atomic E-state index is 13.0. The number of carboxylic acids is 1. The van der Waals surface area contributed by atoms with Crippen LogP contribution in [0.25, 0.3) is 0 Å². The Morgan fingerprint density at radius 2 is 2.04 bits per heavy atom. The number of fused-ring (bicyclic) bond motifs is 1. The van der Waals surface area contributed by atoms with Gasteiger partial charge in [-0.1, -0.05) is 34.8 Å². The van der Waals surface area contributed by atoms with Crippen LogP contribution in [0.5, 0.6) is 5.75 Å². The quantitative estimate of drug-likeness (QED) is 0.788. The predicted molar refractivity (Wildman–Crippen MR) is 94.3 cm³/mol. The van der Waals surface area contributed by atoms with Crippen molar-refractivity contribution in [1.82, 2.24) is 0 Å². The van der Waals surface area contributed by atoms with Crippen LogP contribution >= 0.6 is 46.1 Å². The van der Waals surface area contributed by atoms with E-state index in [9.17, 15) is 9.59 Å². The SMILES string of the molecule is CC1(c2ccc(Cl)s2)Cc2cc(OCC(=O)O)c(Cl)c(Cl)c2C1=O. The van der Waals surface area contributed by atoms with Gasteiger partial charge in [0.15, 0.2) is 12.4 Å². The zero-order valence-electron chi connectivity index (χ0n) is 12.4. The molecule has 0 radical (unpaired) electrons. The van der Waals surface area contributed by atoms with E-state index in [-0.39, 0.29) is 21.6 Å². The topological polar surface area (TPSA) is 63.6 Å². The monoisotopic (exact) mass is 404 g/mol. The molecule has 3 rings (SSSR count). The summed E-state index contributed by atoms with van der Waals surface area (Å²) in [5, 5.41) is 8.87. The number of carboxylic acid groups (broad SMARTS) is 1. The second-order valence-electron chi connectivity index (χ2n) is 5.66. The van der Waals surface area contributed by atoms with Crippen LogP contribution in [-0.2, 0) is 16.6 Å². The van der Waals surface area contributed by atoms with Gasteiger partial charge in [-0.15, -0.1) is 11.3 Å². The highest BCUT2D eigenvalue weighted by atomic mass is 35.5. The highest BCUT2D eigenvalue weighted by molar-refractivity contribution is 7.16. The van der Waals surface area contributed by atoms with Gasteiger partial charge in [-0.25, -0.2) is 4.79 Å². The highest BCUT2D eigenvalue weighted by Crippen LogP contribution is 2.48. The first-order valence-corrected chi connectivity index (χ1v) is 8.85. The molecule has 1 aromatic heterocycles. The van der Waals surface area contributed by atoms with Gasteiger partial charge in [0.2, 0.25) is 0 Å². The molecule has 1 heterocycles. The van der Waals surface area contributed by atoms with Gasteiger partial charge in [0, 0.05) is 10.4 Å². The van der Waals surface area contributed by atoms with Crippen molar-refractivity contribution in [3.63, 3.8) is 0 Å². The third-order valence-electron chi connectivity index (χ3n) is 4.00. The van der Waals surface area contributed by atoms with E-state index in [1.54, 1.807) is 12.1 Å². The van der Waals surface area contributed by atoms with E-state index in [2.05, 4.69) is 0 Å². The first-order valence-electron chi connectivity index (χ1n) is 6.90. The molecule has 0 amide bonds. The average molecular weight is 406 g/mol. The summed E-state index contributed by atoms with van der Waals surface area (Å²) in [5.74, 6) is -1.10. The van der Waals surface area contributed by atoms with Crippen LogP contribution in [0.15, 0.2) is 18.2 Å². The Kier molecular flexibility index (Phi) is 4.55. The molecule has 1 aromatic carbocycles. The zero-order chi connectivity index (χ0) is 17.6. The minimum absolute atomic E-state index is 0.0403. The summed E-state index contributed by atoms with van der Waals surface area (Å²) in [5.41, 5.74) is 0.261. The van der Waals surface area contributed by atoms with Crippen LogP contribution in [0.2, 0.25) is 14.4 Å². The summed E-state index contributed by atoms with van der Waals surface area (Å²) in [7, 11) is 0. The third kappa shape index (κ3) is 2.80. The molecule has 1 aliphatic carbocycles. The van der Waals surface area contributed by atoms with E-state index >= 15 is 0 Å². The fraction of sp³-hybridized carbons (Fsp3) is 0.250. The van der Waals surface area contributed by atoms with Crippen molar-refractivity contribution in [2.24, 2.45) is 0 Å². The third-order valence-corrected chi connectivity index (χ3v) is 6.34. The molecule has 0 aliphatic heterocycles. The molecule has 1 unspecified atom stereocenters. The lowest BCUT2D eigenvalue weighted by Gasteiger charge is -2.19. The van der Waals surface area contributed by atoms with E-state index in [1.807, 2.05) is 13.0 Å². The first-order chi connectivity index (χ1) is 11.2. The molecule has 4 nitrogen and oxygen atoms in total. The number of benzene rings is 1. The predicted octanol–water partition coefficient (Wildman–Crippen LogP) is 4.87. The number of hydrogen-bond donors (Lipinski definition) is 1. The molecule has 1 atom stereocenters. The van der Waals surface area contributed by atoms with Crippen LogP contribution in [0.4, 0.5) is 0 Å². The normalized spacial score (nSPS) is 19.4. The number of Topliss-reactive ketones (excluding diaryl/α,β-unsaturated/α-hetero) is 1. The van der Waals surface area contributed by atoms with Crippen molar-refractivity contribution in [1.29, 1.82) is 0 Å². The van der Waals surface area contributed by atoms with E-state index in [0.29, 0.717) is 21.9 Å². The minimum Gasteiger partial charge on any atom is -0.480 e. The highest BCUT2D eigenvalue weighted by Gasteiger charge is 2.46. The summed E-state index contributed by atoms with van der Waals surface area (Å²) in [6.45, 7) is 1.29. The molecule has 0 spiro atoms. The van der Waals surface area contributed by atoms with Gasteiger partial charge in [0.1, 0.15) is 10.8 Å². The first kappa shape index (κ1) is 17.5. The Hall–Kier alpha value is -1.27. The summed E-state index contributed by atoms with van der Waals surface area (Å²) in [6, 6.07) is 5.16. The minimum atomic E-state index is -1.13. The van der Waals surface area contributed by atoms with Crippen LogP contribution in [-0.4, -0.2) is 23.5 Å². The van der Waals surface area contributed by atoms with Crippen LogP contribution in [0.3, 0.4) is 0 Å². The standard InChI is InChI=1S/C16H11Cl3O4S/c1-16(9-2-3-10(17)24-9)5-7-4-8(23-6-11(20)21)13(18)14(19)12(7)15(16)22/h2-4H,5-6H2,1H3,(H,20,21). The van der Waals surface area contributed by atoms with E-state index in [1.165, 1.54) is 11.3 Å². The smallest absolute Gasteiger partial charge is 0.341 e. The van der Waals surface area contributed by atoms with Crippen molar-refractivity contribution in [2.75, 3.05) is 6.61 Å². The number of hydrogen-bond acceptors (Lipinski definition) is 4. The molecule has 1 aliphatic rings. The zero-order valence-corrected chi connectivity index (χ0v) is 15.4. The van der Waals surface area contributed by atoms with Crippen LogP contribution in [0.1, 0.15) is 27.7 Å². The molecule has 0 bridgehead atoms. The molecule has 0 saturated carbocycles. The lowest BCUT2D eigenvalue weighted by molar-refractivity contribution is -0.139. The van der Waals surface area contributed by atoms with Gasteiger partial charge in [-0.2, -0.15) is 0 Å². The van der Waals surface area contributed by atoms with E-state index in [4.69, 9.17) is 44.6 Å². The molecule has 0 saturated heterocycles. The second kappa shape index (κ2) is 6.23. The fourth-order valence-electron chi connectivity index (χ4n) is 2.83. The number of carbonyl (C=O) groups is 2. The number of ketones is 1. The van der Waals surface area contributed by atoms with Gasteiger partial charge in [0.25, 0.3) is 0 Å². The van der Waals surface area contributed by atoms with Crippen molar-refractivity contribution < 1.29 is 19.4 Å². The number of ether oxygens (including phenoxy) is 1. The molecule has 24 heavy (non-hydrogen) atoms. The Balaban J connectivity index is 2.05. The number of thiophene rings is 1. The van der Waals surface area contributed by atoms with Crippen molar-refractivity contribution in [2.45, 2.75) is 18.8 Å². The van der Waals surface area contributed by atoms with Crippen molar-refractivity contribution in [3.8, 4) is 5.75 Å². The summed E-state index contributed by atoms with van der Waals surface area (Å²) >= 11 is 19.8. The Morgan fingerprint density at radius 3 is 2.62 bits per heavy atom. The number of rotatable bonds is 4. The Labute approximate surface area is 156 Å². The van der Waals surface area contributed by atoms with Gasteiger partial charge >= 0.3 is 5.97 Å². The molecule has 1 N–H and O–H groups in total. The lowest BCUT2D eigenvalue weighted by atomic mass is 9.84. The number of carbonyl (C=O) groups excluding carboxylic acids is 1. The average Bonchev–Trinajstić information content (AvgIpc) is 3.05. The molecule has 2 aromatic rings. The van der Waals surface area contributed by atoms with Gasteiger partial charge < -0.3 is 9.84 Å². The van der Waals surface area contributed by atoms with Crippen LogP contribution in [0, 0.1) is 0 Å². The van der Waals surface area contributed by atoms with E-state index < -0.39 is 18.0 Å². The van der Waals surface area contributed by atoms with Crippen LogP contribution < -0.4 is 4.74 Å².